The number of rotatable bonds is 4. The van der Waals surface area contributed by atoms with Crippen molar-refractivity contribution in [1.29, 1.82) is 0 Å². The molecule has 3 atom stereocenters. The minimum absolute atomic E-state index is 0.0816. The highest BCUT2D eigenvalue weighted by atomic mass is 19.3. The summed E-state index contributed by atoms with van der Waals surface area (Å²) in [5.74, 6) is -1.63. The number of halogens is 3. The van der Waals surface area contributed by atoms with Crippen LogP contribution in [0.5, 0.6) is 0 Å². The van der Waals surface area contributed by atoms with Crippen LogP contribution in [-0.2, 0) is 4.74 Å². The molecule has 1 aliphatic heterocycles. The second kappa shape index (κ2) is 6.06. The van der Waals surface area contributed by atoms with Crippen LogP contribution in [0, 0.1) is 5.92 Å². The number of esters is 1. The van der Waals surface area contributed by atoms with E-state index in [4.69, 9.17) is 4.74 Å². The van der Waals surface area contributed by atoms with Crippen LogP contribution in [0.3, 0.4) is 0 Å². The number of carbonyl (C=O) groups excluding carboxylic acids is 1. The van der Waals surface area contributed by atoms with Gasteiger partial charge in [0.15, 0.2) is 6.17 Å². The van der Waals surface area contributed by atoms with Gasteiger partial charge in [-0.25, -0.2) is 18.0 Å². The highest BCUT2D eigenvalue weighted by Crippen LogP contribution is 2.24. The Morgan fingerprint density at radius 3 is 2.53 bits per heavy atom. The van der Waals surface area contributed by atoms with E-state index in [0.717, 1.165) is 0 Å². The zero-order valence-corrected chi connectivity index (χ0v) is 10.1. The van der Waals surface area contributed by atoms with E-state index in [1.165, 1.54) is 0 Å². The van der Waals surface area contributed by atoms with Gasteiger partial charge in [0, 0.05) is 19.0 Å². The molecule has 1 aromatic carbocycles. The van der Waals surface area contributed by atoms with Gasteiger partial charge in [-0.05, 0) is 12.1 Å². The molecular formula is C13H14F3NO2. The van der Waals surface area contributed by atoms with Crippen molar-refractivity contribution in [3.05, 3.63) is 35.9 Å². The molecule has 1 aliphatic rings. The number of nitrogens with one attached hydrogen (secondary N) is 1. The molecule has 1 heterocycles. The molecule has 0 bridgehead atoms. The Morgan fingerprint density at radius 2 is 1.89 bits per heavy atom. The van der Waals surface area contributed by atoms with E-state index < -0.39 is 30.6 Å². The maximum atomic E-state index is 13.4. The molecule has 6 heteroatoms. The first kappa shape index (κ1) is 13.9. The second-order valence-electron chi connectivity index (χ2n) is 4.41. The van der Waals surface area contributed by atoms with Gasteiger partial charge in [-0.15, -0.1) is 0 Å². The summed E-state index contributed by atoms with van der Waals surface area (Å²) in [6, 6.07) is 8.18. The molecule has 3 nitrogen and oxygen atoms in total. The van der Waals surface area contributed by atoms with Gasteiger partial charge in [0.05, 0.1) is 5.56 Å². The molecule has 3 unspecified atom stereocenters. The van der Waals surface area contributed by atoms with Crippen LogP contribution in [0.2, 0.25) is 0 Å². The van der Waals surface area contributed by atoms with Gasteiger partial charge in [-0.2, -0.15) is 0 Å². The first-order valence-electron chi connectivity index (χ1n) is 5.98. The predicted octanol–water partition coefficient (Wildman–Crippen LogP) is 2.03. The van der Waals surface area contributed by atoms with Crippen molar-refractivity contribution in [2.75, 3.05) is 13.1 Å². The molecule has 1 N–H and O–H groups in total. The van der Waals surface area contributed by atoms with E-state index in [1.54, 1.807) is 30.3 Å². The molecule has 1 fully saturated rings. The minimum atomic E-state index is -3.07. The average Bonchev–Trinajstić information content (AvgIpc) is 2.86. The minimum Gasteiger partial charge on any atom is -0.457 e. The SMILES string of the molecule is O=C(OC1CNCC1C(F)C(F)F)c1ccccc1. The third-order valence-corrected chi connectivity index (χ3v) is 3.12. The fourth-order valence-electron chi connectivity index (χ4n) is 2.09. The number of ether oxygens (including phenoxy) is 1. The Kier molecular flexibility index (Phi) is 4.42. The monoisotopic (exact) mass is 273 g/mol. The Morgan fingerprint density at radius 1 is 1.21 bits per heavy atom. The van der Waals surface area contributed by atoms with E-state index in [9.17, 15) is 18.0 Å². The summed E-state index contributed by atoms with van der Waals surface area (Å²) in [5, 5.41) is 2.76. The Hall–Kier alpha value is -1.56. The van der Waals surface area contributed by atoms with Crippen molar-refractivity contribution in [3.8, 4) is 0 Å². The summed E-state index contributed by atoms with van der Waals surface area (Å²) >= 11 is 0. The molecule has 19 heavy (non-hydrogen) atoms. The quantitative estimate of drug-likeness (QED) is 0.853. The van der Waals surface area contributed by atoms with Crippen LogP contribution >= 0.6 is 0 Å². The summed E-state index contributed by atoms with van der Waals surface area (Å²) in [7, 11) is 0. The lowest BCUT2D eigenvalue weighted by Gasteiger charge is -2.21. The summed E-state index contributed by atoms with van der Waals surface area (Å²) in [5.41, 5.74) is 0.320. The van der Waals surface area contributed by atoms with Crippen molar-refractivity contribution in [2.45, 2.75) is 18.7 Å². The van der Waals surface area contributed by atoms with Crippen molar-refractivity contribution < 1.29 is 22.7 Å². The van der Waals surface area contributed by atoms with Gasteiger partial charge in [0.2, 0.25) is 0 Å². The number of hydrogen-bond donors (Lipinski definition) is 1. The van der Waals surface area contributed by atoms with Crippen LogP contribution < -0.4 is 5.32 Å². The third-order valence-electron chi connectivity index (χ3n) is 3.12. The molecule has 1 aromatic rings. The van der Waals surface area contributed by atoms with Crippen LogP contribution in [-0.4, -0.2) is 37.8 Å². The largest absolute Gasteiger partial charge is 0.457 e. The fourth-order valence-corrected chi connectivity index (χ4v) is 2.09. The maximum Gasteiger partial charge on any atom is 0.338 e. The molecule has 0 radical (unpaired) electrons. The number of hydrogen-bond acceptors (Lipinski definition) is 3. The fraction of sp³-hybridized carbons (Fsp3) is 0.462. The van der Waals surface area contributed by atoms with E-state index in [2.05, 4.69) is 5.32 Å². The van der Waals surface area contributed by atoms with Crippen LogP contribution in [0.15, 0.2) is 30.3 Å². The van der Waals surface area contributed by atoms with Crippen LogP contribution in [0.1, 0.15) is 10.4 Å². The number of alkyl halides is 3. The molecule has 104 valence electrons. The van der Waals surface area contributed by atoms with E-state index >= 15 is 0 Å². The first-order valence-corrected chi connectivity index (χ1v) is 5.98. The summed E-state index contributed by atoms with van der Waals surface area (Å²) in [4.78, 5) is 11.8. The number of carbonyl (C=O) groups is 1. The highest BCUT2D eigenvalue weighted by molar-refractivity contribution is 5.89. The van der Waals surface area contributed by atoms with Gasteiger partial charge >= 0.3 is 5.97 Å². The standard InChI is InChI=1S/C13H14F3NO2/c14-11(12(15)16)9-6-17-7-10(9)19-13(18)8-4-2-1-3-5-8/h1-5,9-12,17H,6-7H2. The first-order chi connectivity index (χ1) is 9.09. The highest BCUT2D eigenvalue weighted by Gasteiger charge is 2.40. The Labute approximate surface area is 108 Å². The van der Waals surface area contributed by atoms with Crippen molar-refractivity contribution in [1.82, 2.24) is 5.32 Å². The lowest BCUT2D eigenvalue weighted by molar-refractivity contribution is -0.0259. The molecular weight excluding hydrogens is 259 g/mol. The topological polar surface area (TPSA) is 38.3 Å². The number of benzene rings is 1. The van der Waals surface area contributed by atoms with E-state index in [1.807, 2.05) is 0 Å². The smallest absolute Gasteiger partial charge is 0.338 e. The molecule has 0 aliphatic carbocycles. The van der Waals surface area contributed by atoms with E-state index in [0.29, 0.717) is 5.56 Å². The van der Waals surface area contributed by atoms with Crippen molar-refractivity contribution in [2.24, 2.45) is 5.92 Å². The Bertz CT molecular complexity index is 427. The van der Waals surface area contributed by atoms with Crippen molar-refractivity contribution >= 4 is 5.97 Å². The van der Waals surface area contributed by atoms with Crippen LogP contribution in [0.4, 0.5) is 13.2 Å². The van der Waals surface area contributed by atoms with Gasteiger partial charge in [0.25, 0.3) is 6.43 Å². The Balaban J connectivity index is 2.00. The summed E-state index contributed by atoms with van der Waals surface area (Å²) in [6.45, 7) is 0.272. The van der Waals surface area contributed by atoms with E-state index in [-0.39, 0.29) is 13.1 Å². The second-order valence-corrected chi connectivity index (χ2v) is 4.41. The molecule has 1 saturated heterocycles. The van der Waals surface area contributed by atoms with Crippen molar-refractivity contribution in [3.63, 3.8) is 0 Å². The average molecular weight is 273 g/mol. The summed E-state index contributed by atoms with van der Waals surface area (Å²) < 4.78 is 43.2. The summed E-state index contributed by atoms with van der Waals surface area (Å²) in [6.07, 6.45) is -6.22. The molecule has 0 spiro atoms. The zero-order chi connectivity index (χ0) is 13.8. The normalized spacial score (nSPS) is 24.4. The predicted molar refractivity (Wildman–Crippen MR) is 62.9 cm³/mol. The van der Waals surface area contributed by atoms with Gasteiger partial charge in [-0.1, -0.05) is 18.2 Å². The van der Waals surface area contributed by atoms with Gasteiger partial charge in [-0.3, -0.25) is 0 Å². The third kappa shape index (κ3) is 3.26. The lowest BCUT2D eigenvalue weighted by atomic mass is 10.0. The van der Waals surface area contributed by atoms with Gasteiger partial charge < -0.3 is 10.1 Å². The lowest BCUT2D eigenvalue weighted by Crippen LogP contribution is -2.35. The molecule has 0 aromatic heterocycles. The maximum absolute atomic E-state index is 13.4. The molecule has 2 rings (SSSR count). The van der Waals surface area contributed by atoms with Gasteiger partial charge in [0.1, 0.15) is 6.10 Å². The molecule has 0 saturated carbocycles. The van der Waals surface area contributed by atoms with Crippen LogP contribution in [0.25, 0.3) is 0 Å². The zero-order valence-electron chi connectivity index (χ0n) is 10.1. The molecule has 0 amide bonds.